The van der Waals surface area contributed by atoms with Gasteiger partial charge in [0.05, 0.1) is 0 Å². The minimum absolute atomic E-state index is 0.764. The Labute approximate surface area is 95.3 Å². The fourth-order valence-corrected chi connectivity index (χ4v) is 4.47. The van der Waals surface area contributed by atoms with Crippen LogP contribution in [-0.2, 0) is 0 Å². The average molecular weight is 306 g/mol. The lowest BCUT2D eigenvalue weighted by atomic mass is 9.89. The van der Waals surface area contributed by atoms with Gasteiger partial charge in [0.25, 0.3) is 0 Å². The van der Waals surface area contributed by atoms with Crippen LogP contribution in [0.5, 0.6) is 0 Å². The molecule has 2 saturated carbocycles. The molecule has 0 amide bonds. The number of fused-ring (bicyclic) bond motifs is 2. The van der Waals surface area contributed by atoms with Crippen LogP contribution in [0.2, 0.25) is 0 Å². The fourth-order valence-electron chi connectivity index (χ4n) is 2.91. The average Bonchev–Trinajstić information content (AvgIpc) is 2.77. The Morgan fingerprint density at radius 1 is 1.23 bits per heavy atom. The molecule has 1 heterocycles. The molecular weight excluding hydrogens is 295 g/mol. The molecule has 1 aromatic heterocycles. The molecule has 70 valence electrons. The van der Waals surface area contributed by atoms with Gasteiger partial charge in [0.1, 0.15) is 5.01 Å². The van der Waals surface area contributed by atoms with E-state index in [1.807, 2.05) is 0 Å². The molecule has 3 unspecified atom stereocenters. The third-order valence-electron chi connectivity index (χ3n) is 3.47. The van der Waals surface area contributed by atoms with Crippen molar-refractivity contribution >= 4 is 33.9 Å². The summed E-state index contributed by atoms with van der Waals surface area (Å²) in [4.78, 5) is 0. The Hall–Kier alpha value is 0.290. The van der Waals surface area contributed by atoms with Crippen LogP contribution in [0.25, 0.3) is 0 Å². The van der Waals surface area contributed by atoms with Gasteiger partial charge >= 0.3 is 0 Å². The molecule has 0 aromatic carbocycles. The fraction of sp³-hybridized carbons (Fsp3) is 0.778. The SMILES string of the molecule is Ic1nnc(C2CC3CCC2C3)s1. The van der Waals surface area contributed by atoms with E-state index in [1.165, 1.54) is 30.7 Å². The Kier molecular flexibility index (Phi) is 2.08. The quantitative estimate of drug-likeness (QED) is 0.745. The molecule has 1 aromatic rings. The minimum atomic E-state index is 0.764. The molecule has 0 aliphatic heterocycles. The van der Waals surface area contributed by atoms with E-state index in [-0.39, 0.29) is 0 Å². The lowest BCUT2D eigenvalue weighted by Crippen LogP contribution is -2.07. The zero-order valence-corrected chi connectivity index (χ0v) is 10.2. The third kappa shape index (κ3) is 1.42. The van der Waals surface area contributed by atoms with E-state index >= 15 is 0 Å². The minimum Gasteiger partial charge on any atom is -0.142 e. The highest BCUT2D eigenvalue weighted by Gasteiger charge is 2.41. The topological polar surface area (TPSA) is 25.8 Å². The van der Waals surface area contributed by atoms with Crippen LogP contribution in [0.1, 0.15) is 36.6 Å². The van der Waals surface area contributed by atoms with Crippen molar-refractivity contribution in [1.29, 1.82) is 0 Å². The molecule has 3 rings (SSSR count). The number of halogens is 1. The first-order valence-corrected chi connectivity index (χ1v) is 6.71. The molecule has 3 atom stereocenters. The van der Waals surface area contributed by atoms with E-state index in [0.717, 1.165) is 20.8 Å². The standard InChI is InChI=1S/C9H11IN2S/c10-9-12-11-8(13-9)7-4-5-1-2-6(7)3-5/h5-7H,1-4H2. The smallest absolute Gasteiger partial charge is 0.142 e. The molecular formula is C9H11IN2S. The molecule has 0 radical (unpaired) electrons. The number of rotatable bonds is 1. The van der Waals surface area contributed by atoms with Crippen LogP contribution in [0.15, 0.2) is 0 Å². The van der Waals surface area contributed by atoms with Gasteiger partial charge in [-0.05, 0) is 53.7 Å². The lowest BCUT2D eigenvalue weighted by molar-refractivity contribution is 0.417. The number of hydrogen-bond donors (Lipinski definition) is 0. The molecule has 13 heavy (non-hydrogen) atoms. The normalized spacial score (nSPS) is 37.2. The summed E-state index contributed by atoms with van der Waals surface area (Å²) in [5.74, 6) is 2.71. The van der Waals surface area contributed by atoms with Crippen molar-refractivity contribution in [2.75, 3.05) is 0 Å². The summed E-state index contributed by atoms with van der Waals surface area (Å²) in [5, 5.41) is 9.68. The molecule has 2 aliphatic rings. The zero-order valence-electron chi connectivity index (χ0n) is 7.24. The maximum atomic E-state index is 4.28. The van der Waals surface area contributed by atoms with Crippen molar-refractivity contribution in [2.45, 2.75) is 31.6 Å². The summed E-state index contributed by atoms with van der Waals surface area (Å²) in [7, 11) is 0. The summed E-state index contributed by atoms with van der Waals surface area (Å²) < 4.78 is 1.09. The van der Waals surface area contributed by atoms with Gasteiger partial charge in [-0.3, -0.25) is 0 Å². The van der Waals surface area contributed by atoms with E-state index in [2.05, 4.69) is 32.8 Å². The summed E-state index contributed by atoms with van der Waals surface area (Å²) in [6.07, 6.45) is 5.75. The Bertz CT molecular complexity index is 325. The van der Waals surface area contributed by atoms with Crippen LogP contribution in [-0.4, -0.2) is 10.2 Å². The predicted molar refractivity (Wildman–Crippen MR) is 60.8 cm³/mol. The van der Waals surface area contributed by atoms with E-state index in [0.29, 0.717) is 0 Å². The Morgan fingerprint density at radius 3 is 2.69 bits per heavy atom. The van der Waals surface area contributed by atoms with Crippen molar-refractivity contribution < 1.29 is 0 Å². The molecule has 2 nitrogen and oxygen atoms in total. The van der Waals surface area contributed by atoms with Gasteiger partial charge in [0.2, 0.25) is 0 Å². The van der Waals surface area contributed by atoms with Crippen LogP contribution in [0.3, 0.4) is 0 Å². The number of hydrogen-bond acceptors (Lipinski definition) is 3. The van der Waals surface area contributed by atoms with E-state index in [9.17, 15) is 0 Å². The summed E-state index contributed by atoms with van der Waals surface area (Å²) in [5.41, 5.74) is 0. The lowest BCUT2D eigenvalue weighted by Gasteiger charge is -2.18. The monoisotopic (exact) mass is 306 g/mol. The van der Waals surface area contributed by atoms with Crippen molar-refractivity contribution in [2.24, 2.45) is 11.8 Å². The summed E-state index contributed by atoms with van der Waals surface area (Å²) in [6, 6.07) is 0. The molecule has 2 aliphatic carbocycles. The number of nitrogens with zero attached hydrogens (tertiary/aromatic N) is 2. The van der Waals surface area contributed by atoms with Crippen LogP contribution >= 0.6 is 33.9 Å². The van der Waals surface area contributed by atoms with Gasteiger partial charge in [-0.2, -0.15) is 0 Å². The van der Waals surface area contributed by atoms with E-state index < -0.39 is 0 Å². The second-order valence-electron chi connectivity index (χ2n) is 4.17. The van der Waals surface area contributed by atoms with Crippen molar-refractivity contribution in [1.82, 2.24) is 10.2 Å². The first kappa shape index (κ1) is 8.59. The van der Waals surface area contributed by atoms with Crippen molar-refractivity contribution in [3.05, 3.63) is 8.02 Å². The zero-order chi connectivity index (χ0) is 8.84. The molecule has 0 saturated heterocycles. The molecule has 4 heteroatoms. The number of aromatic nitrogens is 2. The summed E-state index contributed by atoms with van der Waals surface area (Å²) in [6.45, 7) is 0. The maximum absolute atomic E-state index is 4.28. The molecule has 2 fully saturated rings. The van der Waals surface area contributed by atoms with Crippen LogP contribution in [0.4, 0.5) is 0 Å². The highest BCUT2D eigenvalue weighted by molar-refractivity contribution is 14.1. The van der Waals surface area contributed by atoms with Gasteiger partial charge in [-0.25, -0.2) is 0 Å². The second kappa shape index (κ2) is 3.15. The first-order chi connectivity index (χ1) is 6.33. The van der Waals surface area contributed by atoms with Crippen LogP contribution < -0.4 is 0 Å². The third-order valence-corrected chi connectivity index (χ3v) is 5.19. The van der Waals surface area contributed by atoms with Gasteiger partial charge in [-0.1, -0.05) is 17.8 Å². The molecule has 0 N–H and O–H groups in total. The van der Waals surface area contributed by atoms with Gasteiger partial charge < -0.3 is 0 Å². The van der Waals surface area contributed by atoms with Gasteiger partial charge in [0.15, 0.2) is 3.01 Å². The highest BCUT2D eigenvalue weighted by Crippen LogP contribution is 2.53. The predicted octanol–water partition coefficient (Wildman–Crippen LogP) is 3.05. The molecule has 2 bridgehead atoms. The van der Waals surface area contributed by atoms with E-state index in [1.54, 1.807) is 11.3 Å². The second-order valence-corrected chi connectivity index (χ2v) is 6.94. The summed E-state index contributed by atoms with van der Waals surface area (Å²) >= 11 is 4.05. The largest absolute Gasteiger partial charge is 0.178 e. The van der Waals surface area contributed by atoms with Gasteiger partial charge in [0, 0.05) is 5.92 Å². The Morgan fingerprint density at radius 2 is 2.15 bits per heavy atom. The van der Waals surface area contributed by atoms with Crippen molar-refractivity contribution in [3.63, 3.8) is 0 Å². The molecule has 0 spiro atoms. The first-order valence-electron chi connectivity index (χ1n) is 4.82. The van der Waals surface area contributed by atoms with Gasteiger partial charge in [-0.15, -0.1) is 10.2 Å². The van der Waals surface area contributed by atoms with Crippen molar-refractivity contribution in [3.8, 4) is 0 Å². The van der Waals surface area contributed by atoms with Crippen LogP contribution in [0, 0.1) is 14.9 Å². The van der Waals surface area contributed by atoms with E-state index in [4.69, 9.17) is 0 Å². The highest BCUT2D eigenvalue weighted by atomic mass is 127. The maximum Gasteiger partial charge on any atom is 0.178 e. The Balaban J connectivity index is 1.87.